The van der Waals surface area contributed by atoms with Gasteiger partial charge in [0.2, 0.25) is 17.7 Å². The maximum Gasteiger partial charge on any atom is 0.255 e. The van der Waals surface area contributed by atoms with E-state index >= 15 is 0 Å². The van der Waals surface area contributed by atoms with Crippen molar-refractivity contribution in [1.29, 1.82) is 0 Å². The molecular formula is C39H49FN4O7. The minimum absolute atomic E-state index is 0.00758. The number of hydrogen-bond donors (Lipinski definition) is 3. The molecule has 0 saturated carbocycles. The van der Waals surface area contributed by atoms with E-state index in [-0.39, 0.29) is 42.6 Å². The number of carbonyl (C=O) groups is 4. The summed E-state index contributed by atoms with van der Waals surface area (Å²) in [4.78, 5) is 56.3. The summed E-state index contributed by atoms with van der Waals surface area (Å²) in [6, 6.07) is 16.2. The standard InChI is InChI=1S/C39H49FN4O7/c1-24(2)18-28-23-50-33-15-8-7-14-30(33)37(46)43-31(21-36(45)42-32(19-25(3)4)39(48)44(28)6)38(47)41-26(5)22-49-34-16-9-10-17-35(34)51-29-13-11-12-27(40)20-29/h7-17,20,24-26,28,31-32H,18-19,21-23H2,1-6H3,(H,41,47)(H,42,45)(H,43,46)/t26-,28+,31+,32+/m1/s1. The van der Waals surface area contributed by atoms with Gasteiger partial charge in [-0.25, -0.2) is 4.39 Å². The SMILES string of the molecule is CC(C)C[C@H]1COc2ccccc2C(=O)N[C@H](C(=O)N[C@H](C)COc2ccccc2Oc2cccc(F)c2)CC(=O)N[C@@H](CC(C)C)C(=O)N1C. The molecule has 274 valence electrons. The number of carbonyl (C=O) groups excluding carboxylic acids is 4. The second-order valence-corrected chi connectivity index (χ2v) is 13.7. The van der Waals surface area contributed by atoms with Crippen LogP contribution in [-0.4, -0.2) is 73.0 Å². The molecule has 4 amide bonds. The molecule has 4 atom stereocenters. The first-order valence-corrected chi connectivity index (χ1v) is 17.3. The number of rotatable bonds is 11. The van der Waals surface area contributed by atoms with Gasteiger partial charge in [-0.2, -0.15) is 0 Å². The average Bonchev–Trinajstić information content (AvgIpc) is 3.07. The molecule has 3 aromatic carbocycles. The first-order valence-electron chi connectivity index (χ1n) is 17.3. The Balaban J connectivity index is 1.53. The molecule has 1 heterocycles. The Kier molecular flexibility index (Phi) is 13.8. The molecule has 4 rings (SSSR count). The van der Waals surface area contributed by atoms with Crippen molar-refractivity contribution < 1.29 is 37.8 Å². The molecule has 0 aliphatic carbocycles. The number of nitrogens with one attached hydrogen (secondary N) is 3. The zero-order valence-corrected chi connectivity index (χ0v) is 30.1. The highest BCUT2D eigenvalue weighted by molar-refractivity contribution is 6.01. The number of amides is 4. The Morgan fingerprint density at radius 1 is 0.922 bits per heavy atom. The molecule has 12 heteroatoms. The van der Waals surface area contributed by atoms with E-state index < -0.39 is 48.1 Å². The molecule has 0 spiro atoms. The average molecular weight is 705 g/mol. The summed E-state index contributed by atoms with van der Waals surface area (Å²) in [6.07, 6.45) is 0.614. The van der Waals surface area contributed by atoms with Gasteiger partial charge in [0.05, 0.1) is 24.1 Å². The van der Waals surface area contributed by atoms with Gasteiger partial charge in [0.25, 0.3) is 5.91 Å². The van der Waals surface area contributed by atoms with Crippen LogP contribution in [0.25, 0.3) is 0 Å². The molecule has 0 aromatic heterocycles. The summed E-state index contributed by atoms with van der Waals surface area (Å²) in [5, 5.41) is 8.38. The molecule has 51 heavy (non-hydrogen) atoms. The zero-order valence-electron chi connectivity index (χ0n) is 30.1. The lowest BCUT2D eigenvalue weighted by Crippen LogP contribution is -2.55. The van der Waals surface area contributed by atoms with Gasteiger partial charge in [0.1, 0.15) is 42.6 Å². The molecule has 3 aromatic rings. The van der Waals surface area contributed by atoms with Gasteiger partial charge in [-0.05, 0) is 68.0 Å². The maximum absolute atomic E-state index is 13.8. The number of halogens is 1. The van der Waals surface area contributed by atoms with Crippen LogP contribution in [-0.2, 0) is 14.4 Å². The minimum atomic E-state index is -1.29. The molecular weight excluding hydrogens is 655 g/mol. The van der Waals surface area contributed by atoms with E-state index in [9.17, 15) is 23.6 Å². The zero-order chi connectivity index (χ0) is 37.1. The molecule has 3 N–H and O–H groups in total. The van der Waals surface area contributed by atoms with Crippen LogP contribution in [0.4, 0.5) is 4.39 Å². The molecule has 1 aliphatic heterocycles. The van der Waals surface area contributed by atoms with Crippen LogP contribution in [0.3, 0.4) is 0 Å². The highest BCUT2D eigenvalue weighted by atomic mass is 19.1. The van der Waals surface area contributed by atoms with Crippen LogP contribution in [0.15, 0.2) is 72.8 Å². The van der Waals surface area contributed by atoms with E-state index in [0.29, 0.717) is 35.8 Å². The summed E-state index contributed by atoms with van der Waals surface area (Å²) in [5.41, 5.74) is 0.189. The molecule has 0 bridgehead atoms. The van der Waals surface area contributed by atoms with Crippen molar-refractivity contribution in [3.8, 4) is 23.0 Å². The summed E-state index contributed by atoms with van der Waals surface area (Å²) < 4.78 is 31.7. The van der Waals surface area contributed by atoms with E-state index in [0.717, 1.165) is 0 Å². The Morgan fingerprint density at radius 3 is 2.31 bits per heavy atom. The van der Waals surface area contributed by atoms with Gasteiger partial charge in [-0.1, -0.05) is 58.0 Å². The van der Waals surface area contributed by atoms with E-state index in [2.05, 4.69) is 29.8 Å². The third-order valence-corrected chi connectivity index (χ3v) is 8.30. The van der Waals surface area contributed by atoms with Crippen LogP contribution in [0, 0.1) is 17.7 Å². The summed E-state index contributed by atoms with van der Waals surface area (Å²) >= 11 is 0. The third-order valence-electron chi connectivity index (χ3n) is 8.30. The van der Waals surface area contributed by atoms with Crippen molar-refractivity contribution >= 4 is 23.6 Å². The Bertz CT molecular complexity index is 1670. The highest BCUT2D eigenvalue weighted by Crippen LogP contribution is 2.31. The number of likely N-dealkylation sites (N-methyl/N-ethyl adjacent to an activating group) is 1. The molecule has 0 saturated heterocycles. The van der Waals surface area contributed by atoms with Crippen molar-refractivity contribution in [2.45, 2.75) is 78.0 Å². The van der Waals surface area contributed by atoms with E-state index in [1.165, 1.54) is 18.2 Å². The van der Waals surface area contributed by atoms with E-state index in [1.54, 1.807) is 73.5 Å². The van der Waals surface area contributed by atoms with Crippen LogP contribution in [0.1, 0.15) is 64.2 Å². The van der Waals surface area contributed by atoms with E-state index in [1.807, 2.05) is 13.8 Å². The predicted octanol–water partition coefficient (Wildman–Crippen LogP) is 5.49. The van der Waals surface area contributed by atoms with Gasteiger partial charge >= 0.3 is 0 Å². The van der Waals surface area contributed by atoms with Gasteiger partial charge in [-0.15, -0.1) is 0 Å². The summed E-state index contributed by atoms with van der Waals surface area (Å²) in [7, 11) is 1.70. The summed E-state index contributed by atoms with van der Waals surface area (Å²) in [6.45, 7) is 9.88. The highest BCUT2D eigenvalue weighted by Gasteiger charge is 2.33. The number of benzene rings is 3. The quantitative estimate of drug-likeness (QED) is 0.241. The molecule has 0 radical (unpaired) electrons. The van der Waals surface area contributed by atoms with Crippen molar-refractivity contribution in [2.75, 3.05) is 20.3 Å². The fraction of sp³-hybridized carbons (Fsp3) is 0.436. The molecule has 0 fully saturated rings. The number of nitrogens with zero attached hydrogens (tertiary/aromatic N) is 1. The van der Waals surface area contributed by atoms with Gasteiger partial charge < -0.3 is 35.1 Å². The smallest absolute Gasteiger partial charge is 0.255 e. The van der Waals surface area contributed by atoms with Crippen molar-refractivity contribution in [3.63, 3.8) is 0 Å². The Hall–Kier alpha value is -5.13. The van der Waals surface area contributed by atoms with Crippen LogP contribution in [0.5, 0.6) is 23.0 Å². The monoisotopic (exact) mass is 704 g/mol. The number of para-hydroxylation sites is 3. The van der Waals surface area contributed by atoms with E-state index in [4.69, 9.17) is 14.2 Å². The normalized spacial score (nSPS) is 19.3. The molecule has 0 unspecified atom stereocenters. The van der Waals surface area contributed by atoms with Crippen LogP contribution in [0.2, 0.25) is 0 Å². The lowest BCUT2D eigenvalue weighted by molar-refractivity contribution is -0.138. The number of fused-ring (bicyclic) bond motifs is 1. The number of hydrogen-bond acceptors (Lipinski definition) is 7. The maximum atomic E-state index is 13.8. The fourth-order valence-corrected chi connectivity index (χ4v) is 5.76. The topological polar surface area (TPSA) is 135 Å². The Morgan fingerprint density at radius 2 is 1.61 bits per heavy atom. The first kappa shape index (κ1) is 38.7. The van der Waals surface area contributed by atoms with Crippen molar-refractivity contribution in [3.05, 3.63) is 84.2 Å². The predicted molar refractivity (Wildman–Crippen MR) is 191 cm³/mol. The minimum Gasteiger partial charge on any atom is -0.491 e. The van der Waals surface area contributed by atoms with Gasteiger partial charge in [-0.3, -0.25) is 19.2 Å². The first-order chi connectivity index (χ1) is 24.3. The largest absolute Gasteiger partial charge is 0.491 e. The lowest BCUT2D eigenvalue weighted by Gasteiger charge is -2.33. The Labute approximate surface area is 299 Å². The van der Waals surface area contributed by atoms with Crippen molar-refractivity contribution in [2.24, 2.45) is 11.8 Å². The second-order valence-electron chi connectivity index (χ2n) is 13.7. The van der Waals surface area contributed by atoms with Crippen LogP contribution < -0.4 is 30.2 Å². The third kappa shape index (κ3) is 11.4. The molecule has 1 aliphatic rings. The summed E-state index contributed by atoms with van der Waals surface area (Å²) in [5.74, 6) is -0.825. The fourth-order valence-electron chi connectivity index (χ4n) is 5.76. The van der Waals surface area contributed by atoms with Crippen molar-refractivity contribution in [1.82, 2.24) is 20.9 Å². The van der Waals surface area contributed by atoms with Gasteiger partial charge in [0.15, 0.2) is 11.5 Å². The molecule has 11 nitrogen and oxygen atoms in total. The van der Waals surface area contributed by atoms with Gasteiger partial charge in [0, 0.05) is 13.1 Å². The lowest BCUT2D eigenvalue weighted by atomic mass is 9.99. The second kappa shape index (κ2) is 18.2. The number of ether oxygens (including phenoxy) is 3. The van der Waals surface area contributed by atoms with Crippen LogP contribution >= 0.6 is 0 Å².